The molecule has 0 radical (unpaired) electrons. The van der Waals surface area contributed by atoms with Crippen LogP contribution in [0.25, 0.3) is 0 Å². The molecule has 1 fully saturated rings. The summed E-state index contributed by atoms with van der Waals surface area (Å²) in [5.74, 6) is 0. The molecule has 21 heavy (non-hydrogen) atoms. The van der Waals surface area contributed by atoms with Gasteiger partial charge in [-0.15, -0.1) is 0 Å². The van der Waals surface area contributed by atoms with Crippen molar-refractivity contribution in [2.24, 2.45) is 0 Å². The quantitative estimate of drug-likeness (QED) is 0.835. The van der Waals surface area contributed by atoms with Crippen molar-refractivity contribution in [1.29, 1.82) is 0 Å². The van der Waals surface area contributed by atoms with Gasteiger partial charge in [0.25, 0.3) is 0 Å². The van der Waals surface area contributed by atoms with Gasteiger partial charge in [-0.3, -0.25) is 4.98 Å². The zero-order valence-electron chi connectivity index (χ0n) is 13.9. The van der Waals surface area contributed by atoms with Crippen LogP contribution < -0.4 is 5.32 Å². The summed E-state index contributed by atoms with van der Waals surface area (Å²) < 4.78 is 0. The summed E-state index contributed by atoms with van der Waals surface area (Å²) >= 11 is 0. The molecule has 1 aromatic rings. The van der Waals surface area contributed by atoms with Gasteiger partial charge in [-0.05, 0) is 58.0 Å². The van der Waals surface area contributed by atoms with E-state index in [4.69, 9.17) is 0 Å². The minimum Gasteiger partial charge on any atom is -0.312 e. The number of hydrogen-bond acceptors (Lipinski definition) is 3. The molecule has 0 spiro atoms. The molecule has 118 valence electrons. The molecular weight excluding hydrogens is 258 g/mol. The molecule has 0 aliphatic heterocycles. The third-order valence-electron chi connectivity index (χ3n) is 5.06. The fourth-order valence-electron chi connectivity index (χ4n) is 3.80. The van der Waals surface area contributed by atoms with Crippen LogP contribution in [0, 0.1) is 0 Å². The maximum Gasteiger partial charge on any atom is 0.0359 e. The molecule has 0 saturated heterocycles. The van der Waals surface area contributed by atoms with E-state index in [0.717, 1.165) is 13.0 Å². The number of likely N-dealkylation sites (N-methyl/N-ethyl adjacent to an activating group) is 1. The van der Waals surface area contributed by atoms with Crippen LogP contribution in [0.4, 0.5) is 0 Å². The van der Waals surface area contributed by atoms with Crippen LogP contribution in [-0.4, -0.2) is 42.1 Å². The highest BCUT2D eigenvalue weighted by atomic mass is 15.2. The molecule has 1 heterocycles. The average molecular weight is 289 g/mol. The van der Waals surface area contributed by atoms with Crippen LogP contribution in [0.5, 0.6) is 0 Å². The van der Waals surface area contributed by atoms with E-state index in [1.165, 1.54) is 44.1 Å². The van der Waals surface area contributed by atoms with E-state index < -0.39 is 0 Å². The third kappa shape index (κ3) is 4.04. The molecule has 1 unspecified atom stereocenters. The Bertz CT molecular complexity index is 396. The Morgan fingerprint density at radius 2 is 2.05 bits per heavy atom. The molecule has 2 rings (SSSR count). The van der Waals surface area contributed by atoms with Crippen molar-refractivity contribution in [1.82, 2.24) is 15.2 Å². The number of aromatic nitrogens is 1. The van der Waals surface area contributed by atoms with Crippen molar-refractivity contribution in [3.05, 3.63) is 30.1 Å². The molecule has 1 aromatic heterocycles. The Balaban J connectivity index is 2.19. The summed E-state index contributed by atoms with van der Waals surface area (Å²) in [5.41, 5.74) is 1.64. The molecule has 1 saturated carbocycles. The van der Waals surface area contributed by atoms with Gasteiger partial charge in [0.2, 0.25) is 0 Å². The first kappa shape index (κ1) is 16.4. The second-order valence-corrected chi connectivity index (χ2v) is 6.63. The lowest BCUT2D eigenvalue weighted by Gasteiger charge is -2.49. The summed E-state index contributed by atoms with van der Waals surface area (Å²) in [6.07, 6.45) is 12.9. The summed E-state index contributed by atoms with van der Waals surface area (Å²) in [6, 6.07) is 4.77. The number of rotatable bonds is 7. The Kier molecular flexibility index (Phi) is 6.19. The highest BCUT2D eigenvalue weighted by Gasteiger charge is 2.41. The van der Waals surface area contributed by atoms with Crippen LogP contribution in [-0.2, 0) is 6.42 Å². The SMILES string of the molecule is CCCNC(Cc1cccnc1)C1(N(C)C)CCCCC1. The van der Waals surface area contributed by atoms with Gasteiger partial charge in [-0.25, -0.2) is 0 Å². The number of pyridine rings is 1. The van der Waals surface area contributed by atoms with Crippen molar-refractivity contribution >= 4 is 0 Å². The smallest absolute Gasteiger partial charge is 0.0359 e. The molecule has 3 heteroatoms. The fraction of sp³-hybridized carbons (Fsp3) is 0.722. The monoisotopic (exact) mass is 289 g/mol. The van der Waals surface area contributed by atoms with Gasteiger partial charge in [-0.1, -0.05) is 32.3 Å². The minimum atomic E-state index is 0.295. The topological polar surface area (TPSA) is 28.2 Å². The summed E-state index contributed by atoms with van der Waals surface area (Å²) in [7, 11) is 4.52. The summed E-state index contributed by atoms with van der Waals surface area (Å²) in [6.45, 7) is 3.35. The van der Waals surface area contributed by atoms with E-state index in [0.29, 0.717) is 11.6 Å². The fourth-order valence-corrected chi connectivity index (χ4v) is 3.80. The molecule has 1 aliphatic carbocycles. The van der Waals surface area contributed by atoms with Crippen LogP contribution in [0.2, 0.25) is 0 Å². The van der Waals surface area contributed by atoms with Gasteiger partial charge >= 0.3 is 0 Å². The lowest BCUT2D eigenvalue weighted by Crippen LogP contribution is -2.61. The first-order valence-electron chi connectivity index (χ1n) is 8.49. The molecule has 1 atom stereocenters. The van der Waals surface area contributed by atoms with Crippen molar-refractivity contribution in [2.75, 3.05) is 20.6 Å². The second kappa shape index (κ2) is 7.90. The molecule has 1 aliphatic rings. The lowest BCUT2D eigenvalue weighted by molar-refractivity contribution is 0.0568. The van der Waals surface area contributed by atoms with Crippen LogP contribution in [0.15, 0.2) is 24.5 Å². The van der Waals surface area contributed by atoms with Gasteiger partial charge in [-0.2, -0.15) is 0 Å². The van der Waals surface area contributed by atoms with E-state index in [1.54, 1.807) is 0 Å². The van der Waals surface area contributed by atoms with Crippen LogP contribution in [0.3, 0.4) is 0 Å². The van der Waals surface area contributed by atoms with E-state index in [1.807, 2.05) is 12.4 Å². The predicted molar refractivity (Wildman–Crippen MR) is 89.5 cm³/mol. The number of hydrogen-bond donors (Lipinski definition) is 1. The van der Waals surface area contributed by atoms with Gasteiger partial charge < -0.3 is 10.2 Å². The standard InChI is InChI=1S/C18H31N3/c1-4-12-20-17(14-16-9-8-13-19-15-16)18(21(2)3)10-6-5-7-11-18/h8-9,13,15,17,20H,4-7,10-12,14H2,1-3H3. The molecular formula is C18H31N3. The number of nitrogens with one attached hydrogen (secondary N) is 1. The second-order valence-electron chi connectivity index (χ2n) is 6.63. The summed E-state index contributed by atoms with van der Waals surface area (Å²) in [4.78, 5) is 6.77. The molecule has 1 N–H and O–H groups in total. The Morgan fingerprint density at radius 1 is 1.29 bits per heavy atom. The van der Waals surface area contributed by atoms with Gasteiger partial charge in [0.15, 0.2) is 0 Å². The van der Waals surface area contributed by atoms with Gasteiger partial charge in [0.05, 0.1) is 0 Å². The van der Waals surface area contributed by atoms with Crippen molar-refractivity contribution in [3.8, 4) is 0 Å². The maximum absolute atomic E-state index is 4.29. The first-order valence-corrected chi connectivity index (χ1v) is 8.49. The highest BCUT2D eigenvalue weighted by Crippen LogP contribution is 2.36. The summed E-state index contributed by atoms with van der Waals surface area (Å²) in [5, 5.41) is 3.84. The van der Waals surface area contributed by atoms with Crippen LogP contribution in [0.1, 0.15) is 51.0 Å². The maximum atomic E-state index is 4.29. The molecule has 0 amide bonds. The van der Waals surface area contributed by atoms with E-state index in [9.17, 15) is 0 Å². The predicted octanol–water partition coefficient (Wildman–Crippen LogP) is 3.26. The molecule has 0 aromatic carbocycles. The third-order valence-corrected chi connectivity index (χ3v) is 5.06. The van der Waals surface area contributed by atoms with Crippen molar-refractivity contribution in [3.63, 3.8) is 0 Å². The average Bonchev–Trinajstić information content (AvgIpc) is 2.53. The Labute approximate surface area is 130 Å². The minimum absolute atomic E-state index is 0.295. The van der Waals surface area contributed by atoms with E-state index >= 15 is 0 Å². The van der Waals surface area contributed by atoms with E-state index in [-0.39, 0.29) is 0 Å². The number of nitrogens with zero attached hydrogens (tertiary/aromatic N) is 2. The zero-order valence-corrected chi connectivity index (χ0v) is 13.9. The van der Waals surface area contributed by atoms with Crippen molar-refractivity contribution in [2.45, 2.75) is 63.5 Å². The highest BCUT2D eigenvalue weighted by molar-refractivity contribution is 5.14. The Hall–Kier alpha value is -0.930. The molecule has 0 bridgehead atoms. The molecule has 3 nitrogen and oxygen atoms in total. The largest absolute Gasteiger partial charge is 0.312 e. The zero-order chi connectivity index (χ0) is 15.1. The van der Waals surface area contributed by atoms with E-state index in [2.05, 4.69) is 48.4 Å². The van der Waals surface area contributed by atoms with Crippen molar-refractivity contribution < 1.29 is 0 Å². The Morgan fingerprint density at radius 3 is 2.62 bits per heavy atom. The first-order chi connectivity index (χ1) is 10.2. The van der Waals surface area contributed by atoms with Gasteiger partial charge in [0.1, 0.15) is 0 Å². The van der Waals surface area contributed by atoms with Gasteiger partial charge in [0, 0.05) is 24.0 Å². The van der Waals surface area contributed by atoms with Crippen LogP contribution >= 0.6 is 0 Å². The lowest BCUT2D eigenvalue weighted by atomic mass is 9.73. The normalized spacial score (nSPS) is 19.6.